The number of aromatic nitrogens is 3. The standard InChI is InChI=1S/C22H16N4OS/c23-11-10-14-6-8-16(9-7-14)27-21-19-17-4-1-5-18(17)28-22(19)26-20(25-21)15-3-2-12-24-13-15/h2-3,6-9,12-13H,1,4-5,10H2. The molecule has 0 amide bonds. The van der Waals surface area contributed by atoms with E-state index in [0.29, 0.717) is 23.9 Å². The Balaban J connectivity index is 1.62. The zero-order chi connectivity index (χ0) is 18.9. The lowest BCUT2D eigenvalue weighted by Crippen LogP contribution is -1.96. The van der Waals surface area contributed by atoms with E-state index in [1.807, 2.05) is 36.4 Å². The Morgan fingerprint density at radius 1 is 1.11 bits per heavy atom. The van der Waals surface area contributed by atoms with Gasteiger partial charge in [-0.3, -0.25) is 4.98 Å². The summed E-state index contributed by atoms with van der Waals surface area (Å²) >= 11 is 1.74. The van der Waals surface area contributed by atoms with E-state index in [1.165, 1.54) is 16.9 Å². The van der Waals surface area contributed by atoms with E-state index in [2.05, 4.69) is 11.1 Å². The first-order valence-electron chi connectivity index (χ1n) is 9.18. The molecule has 0 radical (unpaired) electrons. The van der Waals surface area contributed by atoms with Crippen LogP contribution in [0.3, 0.4) is 0 Å². The largest absolute Gasteiger partial charge is 0.438 e. The van der Waals surface area contributed by atoms with Gasteiger partial charge in [0.15, 0.2) is 5.82 Å². The van der Waals surface area contributed by atoms with Gasteiger partial charge in [0.25, 0.3) is 0 Å². The molecule has 0 bridgehead atoms. The van der Waals surface area contributed by atoms with Crippen molar-refractivity contribution in [2.45, 2.75) is 25.7 Å². The Bertz CT molecular complexity index is 1190. The maximum Gasteiger partial charge on any atom is 0.231 e. The second-order valence-electron chi connectivity index (χ2n) is 6.71. The van der Waals surface area contributed by atoms with Crippen molar-refractivity contribution in [2.24, 2.45) is 0 Å². The van der Waals surface area contributed by atoms with E-state index in [-0.39, 0.29) is 0 Å². The van der Waals surface area contributed by atoms with Crippen LogP contribution in [0.15, 0.2) is 48.8 Å². The van der Waals surface area contributed by atoms with Crippen molar-refractivity contribution in [3.8, 4) is 29.1 Å². The summed E-state index contributed by atoms with van der Waals surface area (Å²) in [5.41, 5.74) is 3.16. The van der Waals surface area contributed by atoms with Crippen molar-refractivity contribution in [3.05, 3.63) is 64.8 Å². The van der Waals surface area contributed by atoms with Gasteiger partial charge in [-0.1, -0.05) is 12.1 Å². The quantitative estimate of drug-likeness (QED) is 0.489. The van der Waals surface area contributed by atoms with E-state index in [0.717, 1.165) is 34.2 Å². The van der Waals surface area contributed by atoms with Crippen molar-refractivity contribution in [1.82, 2.24) is 15.0 Å². The minimum atomic E-state index is 0.390. The molecule has 0 aliphatic heterocycles. The van der Waals surface area contributed by atoms with Crippen LogP contribution in [0, 0.1) is 11.3 Å². The second kappa shape index (κ2) is 7.02. The van der Waals surface area contributed by atoms with Gasteiger partial charge in [-0.25, -0.2) is 4.98 Å². The Morgan fingerprint density at radius 2 is 2.00 bits per heavy atom. The third-order valence-corrected chi connectivity index (χ3v) is 6.06. The topological polar surface area (TPSA) is 71.7 Å². The molecule has 5 rings (SSSR count). The summed E-state index contributed by atoms with van der Waals surface area (Å²) in [6.45, 7) is 0. The maximum absolute atomic E-state index is 8.85. The lowest BCUT2D eigenvalue weighted by Gasteiger charge is -2.09. The minimum Gasteiger partial charge on any atom is -0.438 e. The van der Waals surface area contributed by atoms with E-state index >= 15 is 0 Å². The molecule has 1 aliphatic carbocycles. The second-order valence-corrected chi connectivity index (χ2v) is 7.80. The number of pyridine rings is 1. The smallest absolute Gasteiger partial charge is 0.231 e. The monoisotopic (exact) mass is 384 g/mol. The number of nitrogens with zero attached hydrogens (tertiary/aromatic N) is 4. The lowest BCUT2D eigenvalue weighted by molar-refractivity contribution is 0.468. The van der Waals surface area contributed by atoms with Crippen LogP contribution in [0.4, 0.5) is 0 Å². The third-order valence-electron chi connectivity index (χ3n) is 4.87. The number of ether oxygens (including phenoxy) is 1. The normalized spacial score (nSPS) is 12.7. The van der Waals surface area contributed by atoms with Crippen molar-refractivity contribution in [2.75, 3.05) is 0 Å². The van der Waals surface area contributed by atoms with Crippen LogP contribution in [-0.4, -0.2) is 15.0 Å². The fourth-order valence-corrected chi connectivity index (χ4v) is 4.79. The highest BCUT2D eigenvalue weighted by Crippen LogP contribution is 2.42. The lowest BCUT2D eigenvalue weighted by atomic mass is 10.1. The summed E-state index contributed by atoms with van der Waals surface area (Å²) < 4.78 is 6.22. The average Bonchev–Trinajstić information content (AvgIpc) is 3.31. The predicted molar refractivity (Wildman–Crippen MR) is 109 cm³/mol. The molecule has 1 aliphatic rings. The summed E-state index contributed by atoms with van der Waals surface area (Å²) in [5.74, 6) is 1.92. The zero-order valence-electron chi connectivity index (χ0n) is 15.1. The van der Waals surface area contributed by atoms with Gasteiger partial charge >= 0.3 is 0 Å². The Morgan fingerprint density at radius 3 is 2.79 bits per heavy atom. The van der Waals surface area contributed by atoms with Gasteiger partial charge < -0.3 is 4.74 Å². The van der Waals surface area contributed by atoms with E-state index in [1.54, 1.807) is 23.7 Å². The molecular weight excluding hydrogens is 368 g/mol. The van der Waals surface area contributed by atoms with Gasteiger partial charge in [-0.05, 0) is 54.7 Å². The summed E-state index contributed by atoms with van der Waals surface area (Å²) in [6.07, 6.45) is 7.21. The van der Waals surface area contributed by atoms with Gasteiger partial charge in [-0.2, -0.15) is 10.2 Å². The van der Waals surface area contributed by atoms with Crippen LogP contribution in [0.2, 0.25) is 0 Å². The number of fused-ring (bicyclic) bond motifs is 3. The molecule has 136 valence electrons. The Labute approximate surface area is 166 Å². The zero-order valence-corrected chi connectivity index (χ0v) is 15.9. The predicted octanol–water partition coefficient (Wildman–Crippen LogP) is 5.10. The molecule has 0 unspecified atom stereocenters. The van der Waals surface area contributed by atoms with E-state index in [4.69, 9.17) is 20.0 Å². The van der Waals surface area contributed by atoms with Gasteiger partial charge in [0.05, 0.1) is 17.9 Å². The molecule has 0 atom stereocenters. The molecule has 3 heterocycles. The van der Waals surface area contributed by atoms with Crippen molar-refractivity contribution in [3.63, 3.8) is 0 Å². The summed E-state index contributed by atoms with van der Waals surface area (Å²) in [4.78, 5) is 16.1. The molecule has 6 heteroatoms. The van der Waals surface area contributed by atoms with Gasteiger partial charge in [0.1, 0.15) is 10.6 Å². The number of hydrogen-bond acceptors (Lipinski definition) is 6. The van der Waals surface area contributed by atoms with Crippen LogP contribution in [0.25, 0.3) is 21.6 Å². The molecular formula is C22H16N4OS. The fourth-order valence-electron chi connectivity index (χ4n) is 3.54. The Kier molecular flexibility index (Phi) is 4.22. The maximum atomic E-state index is 8.85. The van der Waals surface area contributed by atoms with Crippen LogP contribution < -0.4 is 4.74 Å². The molecule has 0 saturated carbocycles. The highest BCUT2D eigenvalue weighted by atomic mass is 32.1. The SMILES string of the molecule is N#CCc1ccc(Oc2nc(-c3cccnc3)nc3sc4c(c23)CCC4)cc1. The number of hydrogen-bond donors (Lipinski definition) is 0. The average molecular weight is 384 g/mol. The number of aryl methyl sites for hydroxylation is 2. The van der Waals surface area contributed by atoms with Crippen LogP contribution in [-0.2, 0) is 19.3 Å². The highest BCUT2D eigenvalue weighted by Gasteiger charge is 2.24. The first-order valence-corrected chi connectivity index (χ1v) is 10.00. The van der Waals surface area contributed by atoms with Gasteiger partial charge in [0.2, 0.25) is 5.88 Å². The molecule has 0 N–H and O–H groups in total. The molecule has 0 fully saturated rings. The number of rotatable bonds is 4. The van der Waals surface area contributed by atoms with E-state index in [9.17, 15) is 0 Å². The molecule has 4 aromatic rings. The fraction of sp³-hybridized carbons (Fsp3) is 0.182. The molecule has 5 nitrogen and oxygen atoms in total. The first-order chi connectivity index (χ1) is 13.8. The molecule has 28 heavy (non-hydrogen) atoms. The van der Waals surface area contributed by atoms with Gasteiger partial charge in [0, 0.05) is 22.8 Å². The summed E-state index contributed by atoms with van der Waals surface area (Å²) in [7, 11) is 0. The summed E-state index contributed by atoms with van der Waals surface area (Å²) in [6, 6.07) is 13.6. The molecule has 0 spiro atoms. The number of nitriles is 1. The molecule has 0 saturated heterocycles. The van der Waals surface area contributed by atoms with Crippen LogP contribution in [0.5, 0.6) is 11.6 Å². The van der Waals surface area contributed by atoms with E-state index < -0.39 is 0 Å². The van der Waals surface area contributed by atoms with Crippen LogP contribution in [0.1, 0.15) is 22.4 Å². The first kappa shape index (κ1) is 16.8. The minimum absolute atomic E-state index is 0.390. The highest BCUT2D eigenvalue weighted by molar-refractivity contribution is 7.19. The van der Waals surface area contributed by atoms with Gasteiger partial charge in [-0.15, -0.1) is 11.3 Å². The number of thiophene rings is 1. The number of benzene rings is 1. The van der Waals surface area contributed by atoms with Crippen molar-refractivity contribution >= 4 is 21.6 Å². The molecule has 1 aromatic carbocycles. The van der Waals surface area contributed by atoms with Crippen molar-refractivity contribution < 1.29 is 4.74 Å². The summed E-state index contributed by atoms with van der Waals surface area (Å²) in [5, 5.41) is 9.88. The Hall–Kier alpha value is -3.30. The van der Waals surface area contributed by atoms with Crippen molar-refractivity contribution in [1.29, 1.82) is 5.26 Å². The van der Waals surface area contributed by atoms with Crippen LogP contribution >= 0.6 is 11.3 Å². The third kappa shape index (κ3) is 3.00. The molecule has 3 aromatic heterocycles.